The normalized spacial score (nSPS) is 11.6. The van der Waals surface area contributed by atoms with Gasteiger partial charge in [0.25, 0.3) is 10.0 Å². The van der Waals surface area contributed by atoms with Crippen LogP contribution in [0.3, 0.4) is 0 Å². The number of halogens is 2. The lowest BCUT2D eigenvalue weighted by atomic mass is 10.3. The maximum atomic E-state index is 12.3. The van der Waals surface area contributed by atoms with Crippen LogP contribution in [0.5, 0.6) is 0 Å². The number of rotatable bonds is 4. The van der Waals surface area contributed by atoms with Gasteiger partial charge in [-0.05, 0) is 48.0 Å². The van der Waals surface area contributed by atoms with Gasteiger partial charge in [0.05, 0.1) is 22.6 Å². The van der Waals surface area contributed by atoms with E-state index >= 15 is 0 Å². The second kappa shape index (κ2) is 5.75. The van der Waals surface area contributed by atoms with Crippen molar-refractivity contribution in [3.8, 4) is 0 Å². The highest BCUT2D eigenvalue weighted by atomic mass is 79.9. The summed E-state index contributed by atoms with van der Waals surface area (Å²) in [5.74, 6) is 0. The molecular weight excluding hydrogens is 366 g/mol. The number of hydrogen-bond acceptors (Lipinski definition) is 3. The van der Waals surface area contributed by atoms with E-state index in [1.165, 1.54) is 6.20 Å². The van der Waals surface area contributed by atoms with Crippen LogP contribution in [0, 0.1) is 6.92 Å². The molecule has 1 heterocycles. The smallest absolute Gasteiger partial charge is 0.265 e. The number of anilines is 1. The Kier molecular flexibility index (Phi) is 4.41. The van der Waals surface area contributed by atoms with E-state index in [2.05, 4.69) is 25.8 Å². The predicted octanol–water partition coefficient (Wildman–Crippen LogP) is 3.43. The lowest BCUT2D eigenvalue weighted by molar-refractivity contribution is 0.598. The third-order valence-electron chi connectivity index (χ3n) is 2.82. The molecular formula is C12H13BrClN3O2S. The molecule has 20 heavy (non-hydrogen) atoms. The minimum absolute atomic E-state index is 0.165. The first-order chi connectivity index (χ1) is 9.35. The monoisotopic (exact) mass is 377 g/mol. The summed E-state index contributed by atoms with van der Waals surface area (Å²) in [4.78, 5) is 0.165. The van der Waals surface area contributed by atoms with Crippen molar-refractivity contribution >= 4 is 43.2 Å². The summed E-state index contributed by atoms with van der Waals surface area (Å²) in [7, 11) is -3.67. The Balaban J connectivity index is 2.35. The van der Waals surface area contributed by atoms with Gasteiger partial charge >= 0.3 is 0 Å². The Hall–Kier alpha value is -1.05. The summed E-state index contributed by atoms with van der Waals surface area (Å²) in [6.07, 6.45) is 1.35. The number of sulfonamides is 1. The number of hydrogen-bond donors (Lipinski definition) is 1. The van der Waals surface area contributed by atoms with Crippen LogP contribution < -0.4 is 4.72 Å². The first-order valence-corrected chi connectivity index (χ1v) is 8.51. The fourth-order valence-corrected chi connectivity index (χ4v) is 3.44. The number of aromatic nitrogens is 2. The highest BCUT2D eigenvalue weighted by Gasteiger charge is 2.20. The molecule has 0 saturated heterocycles. The molecule has 2 rings (SSSR count). The number of aryl methyl sites for hydroxylation is 1. The van der Waals surface area contributed by atoms with Crippen LogP contribution in [0.15, 0.2) is 33.8 Å². The largest absolute Gasteiger partial charge is 0.279 e. The van der Waals surface area contributed by atoms with E-state index in [9.17, 15) is 8.42 Å². The van der Waals surface area contributed by atoms with Gasteiger partial charge in [-0.3, -0.25) is 9.40 Å². The fraction of sp³-hybridized carbons (Fsp3) is 0.250. The van der Waals surface area contributed by atoms with Gasteiger partial charge in [-0.2, -0.15) is 5.10 Å². The van der Waals surface area contributed by atoms with Crippen molar-refractivity contribution in [3.05, 3.63) is 39.6 Å². The Bertz CT molecular complexity index is 743. The Morgan fingerprint density at radius 2 is 2.15 bits per heavy atom. The molecule has 0 bridgehead atoms. The zero-order chi connectivity index (χ0) is 14.9. The van der Waals surface area contributed by atoms with Crippen molar-refractivity contribution in [3.63, 3.8) is 0 Å². The lowest BCUT2D eigenvalue weighted by Crippen LogP contribution is -2.14. The summed E-state index contributed by atoms with van der Waals surface area (Å²) in [6, 6.07) is 4.86. The SMILES string of the molecule is CCn1ncc(S(=O)(=O)Nc2ccc(Br)c(Cl)c2)c1C. The van der Waals surface area contributed by atoms with Crippen LogP contribution >= 0.6 is 27.5 Å². The van der Waals surface area contributed by atoms with Gasteiger partial charge in [0, 0.05) is 11.0 Å². The third kappa shape index (κ3) is 2.99. The molecule has 0 atom stereocenters. The Morgan fingerprint density at radius 1 is 1.45 bits per heavy atom. The van der Waals surface area contributed by atoms with Gasteiger partial charge in [-0.25, -0.2) is 8.42 Å². The van der Waals surface area contributed by atoms with E-state index in [1.54, 1.807) is 29.8 Å². The highest BCUT2D eigenvalue weighted by Crippen LogP contribution is 2.27. The predicted molar refractivity (Wildman–Crippen MR) is 82.6 cm³/mol. The quantitative estimate of drug-likeness (QED) is 0.886. The van der Waals surface area contributed by atoms with Gasteiger partial charge < -0.3 is 0 Å². The van der Waals surface area contributed by atoms with E-state index in [0.29, 0.717) is 27.4 Å². The number of benzene rings is 1. The first-order valence-electron chi connectivity index (χ1n) is 5.85. The molecule has 1 aromatic heterocycles. The minimum Gasteiger partial charge on any atom is -0.279 e. The van der Waals surface area contributed by atoms with E-state index in [-0.39, 0.29) is 4.90 Å². The summed E-state index contributed by atoms with van der Waals surface area (Å²) in [5.41, 5.74) is 1.00. The third-order valence-corrected chi connectivity index (χ3v) is 5.54. The van der Waals surface area contributed by atoms with Crippen LogP contribution in [0.2, 0.25) is 5.02 Å². The zero-order valence-electron chi connectivity index (χ0n) is 10.9. The topological polar surface area (TPSA) is 64.0 Å². The molecule has 1 N–H and O–H groups in total. The van der Waals surface area contributed by atoms with Crippen molar-refractivity contribution < 1.29 is 8.42 Å². The number of nitrogens with zero attached hydrogens (tertiary/aromatic N) is 2. The molecule has 0 unspecified atom stereocenters. The molecule has 0 aliphatic carbocycles. The molecule has 0 aliphatic heterocycles. The second-order valence-electron chi connectivity index (χ2n) is 4.14. The fourth-order valence-electron chi connectivity index (χ4n) is 1.78. The lowest BCUT2D eigenvalue weighted by Gasteiger charge is -2.08. The molecule has 0 spiro atoms. The highest BCUT2D eigenvalue weighted by molar-refractivity contribution is 9.10. The van der Waals surface area contributed by atoms with Crippen LogP contribution in [0.4, 0.5) is 5.69 Å². The average Bonchev–Trinajstić information content (AvgIpc) is 2.75. The van der Waals surface area contributed by atoms with Crippen molar-refractivity contribution in [2.24, 2.45) is 0 Å². The summed E-state index contributed by atoms with van der Waals surface area (Å²) in [5, 5.41) is 4.47. The van der Waals surface area contributed by atoms with Crippen LogP contribution in [-0.2, 0) is 16.6 Å². The van der Waals surface area contributed by atoms with E-state index in [0.717, 1.165) is 0 Å². The van der Waals surface area contributed by atoms with Crippen molar-refractivity contribution in [2.45, 2.75) is 25.3 Å². The maximum absolute atomic E-state index is 12.3. The number of nitrogens with one attached hydrogen (secondary N) is 1. The second-order valence-corrected chi connectivity index (χ2v) is 7.06. The van der Waals surface area contributed by atoms with Gasteiger partial charge in [0.2, 0.25) is 0 Å². The maximum Gasteiger partial charge on any atom is 0.265 e. The van der Waals surface area contributed by atoms with Gasteiger partial charge in [0.1, 0.15) is 4.90 Å². The summed E-state index contributed by atoms with van der Waals surface area (Å²) >= 11 is 9.20. The molecule has 0 aliphatic rings. The molecule has 2 aromatic rings. The Labute approximate surface area is 131 Å². The van der Waals surface area contributed by atoms with Crippen molar-refractivity contribution in [1.29, 1.82) is 0 Å². The molecule has 1 aromatic carbocycles. The van der Waals surface area contributed by atoms with E-state index < -0.39 is 10.0 Å². The van der Waals surface area contributed by atoms with E-state index in [1.807, 2.05) is 6.92 Å². The molecule has 0 fully saturated rings. The minimum atomic E-state index is -3.67. The first kappa shape index (κ1) is 15.3. The van der Waals surface area contributed by atoms with Gasteiger partial charge in [-0.1, -0.05) is 11.6 Å². The molecule has 5 nitrogen and oxygen atoms in total. The van der Waals surface area contributed by atoms with Crippen molar-refractivity contribution in [1.82, 2.24) is 9.78 Å². The van der Waals surface area contributed by atoms with Gasteiger partial charge in [-0.15, -0.1) is 0 Å². The standard InChI is InChI=1S/C12H13BrClN3O2S/c1-3-17-8(2)12(7-15-17)20(18,19)16-9-4-5-10(13)11(14)6-9/h4-7,16H,3H2,1-2H3. The zero-order valence-corrected chi connectivity index (χ0v) is 14.1. The molecule has 0 amide bonds. The summed E-state index contributed by atoms with van der Waals surface area (Å²) < 4.78 is 29.5. The van der Waals surface area contributed by atoms with Crippen LogP contribution in [0.1, 0.15) is 12.6 Å². The molecule has 108 valence electrons. The van der Waals surface area contributed by atoms with Gasteiger partial charge in [0.15, 0.2) is 0 Å². The van der Waals surface area contributed by atoms with Crippen LogP contribution in [-0.4, -0.2) is 18.2 Å². The molecule has 0 radical (unpaired) electrons. The average molecular weight is 379 g/mol. The van der Waals surface area contributed by atoms with E-state index in [4.69, 9.17) is 11.6 Å². The van der Waals surface area contributed by atoms with Crippen molar-refractivity contribution in [2.75, 3.05) is 4.72 Å². The Morgan fingerprint density at radius 3 is 2.70 bits per heavy atom. The molecule has 8 heteroatoms. The van der Waals surface area contributed by atoms with Crippen LogP contribution in [0.25, 0.3) is 0 Å². The summed E-state index contributed by atoms with van der Waals surface area (Å²) in [6.45, 7) is 4.24. The molecule has 0 saturated carbocycles.